The van der Waals surface area contributed by atoms with Gasteiger partial charge in [-0.25, -0.2) is 4.98 Å². The summed E-state index contributed by atoms with van der Waals surface area (Å²) in [7, 11) is 1.92. The average molecular weight is 401 g/mol. The van der Waals surface area contributed by atoms with E-state index >= 15 is 0 Å². The predicted molar refractivity (Wildman–Crippen MR) is 110 cm³/mol. The maximum absolute atomic E-state index is 11.9. The number of fused-ring (bicyclic) bond motifs is 1. The Labute approximate surface area is 170 Å². The van der Waals surface area contributed by atoms with Crippen molar-refractivity contribution in [3.63, 3.8) is 0 Å². The minimum Gasteiger partial charge on any atom is -0.373 e. The summed E-state index contributed by atoms with van der Waals surface area (Å²) in [5, 5.41) is 0.229. The lowest BCUT2D eigenvalue weighted by atomic mass is 9.84. The summed E-state index contributed by atoms with van der Waals surface area (Å²) in [4.78, 5) is 24.7. The molecule has 28 heavy (non-hydrogen) atoms. The minimum atomic E-state index is -0.230. The van der Waals surface area contributed by atoms with Gasteiger partial charge in [0.15, 0.2) is 5.82 Å². The molecule has 0 amide bonds. The number of nitrogens with zero attached hydrogens (tertiary/aromatic N) is 4. The van der Waals surface area contributed by atoms with Gasteiger partial charge in [-0.15, -0.1) is 0 Å². The Balaban J connectivity index is 1.51. The van der Waals surface area contributed by atoms with Gasteiger partial charge in [-0.2, -0.15) is 4.98 Å². The van der Waals surface area contributed by atoms with E-state index in [1.807, 2.05) is 30.1 Å². The van der Waals surface area contributed by atoms with Crippen LogP contribution < -0.4 is 9.80 Å². The quantitative estimate of drug-likeness (QED) is 0.546. The van der Waals surface area contributed by atoms with E-state index in [9.17, 15) is 4.79 Å². The van der Waals surface area contributed by atoms with E-state index < -0.39 is 0 Å². The normalized spacial score (nSPS) is 26.5. The van der Waals surface area contributed by atoms with Crippen molar-refractivity contribution in [3.05, 3.63) is 47.4 Å². The molecule has 1 fully saturated rings. The fourth-order valence-corrected chi connectivity index (χ4v) is 4.41. The van der Waals surface area contributed by atoms with Gasteiger partial charge in [0.1, 0.15) is 12.3 Å². The maximum Gasteiger partial charge on any atom is 0.224 e. The van der Waals surface area contributed by atoms with Crippen LogP contribution in [-0.4, -0.2) is 47.5 Å². The first kappa shape index (κ1) is 19.2. The molecule has 0 radical (unpaired) electrons. The van der Waals surface area contributed by atoms with Crippen molar-refractivity contribution in [1.82, 2.24) is 9.97 Å². The van der Waals surface area contributed by atoms with Crippen LogP contribution in [-0.2, 0) is 16.1 Å². The van der Waals surface area contributed by atoms with Crippen LogP contribution >= 0.6 is 11.6 Å². The number of hydrogen-bond donors (Lipinski definition) is 0. The number of ether oxygens (including phenoxy) is 1. The molecule has 2 unspecified atom stereocenters. The highest BCUT2D eigenvalue weighted by Crippen LogP contribution is 2.42. The molecule has 4 rings (SSSR count). The summed E-state index contributed by atoms with van der Waals surface area (Å²) in [5.74, 6) is 0.818. The fraction of sp³-hybridized carbons (Fsp3) is 0.476. The van der Waals surface area contributed by atoms with Crippen LogP contribution in [0.2, 0.25) is 5.28 Å². The van der Waals surface area contributed by atoms with Gasteiger partial charge in [0.2, 0.25) is 5.28 Å². The van der Waals surface area contributed by atoms with Gasteiger partial charge in [-0.05, 0) is 36.4 Å². The molecule has 0 N–H and O–H groups in total. The van der Waals surface area contributed by atoms with Crippen LogP contribution in [0.1, 0.15) is 31.7 Å². The van der Waals surface area contributed by atoms with Crippen LogP contribution in [0.15, 0.2) is 36.5 Å². The van der Waals surface area contributed by atoms with Gasteiger partial charge in [-0.1, -0.05) is 37.3 Å². The zero-order valence-electron chi connectivity index (χ0n) is 16.2. The summed E-state index contributed by atoms with van der Waals surface area (Å²) in [6, 6.07) is 10.3. The lowest BCUT2D eigenvalue weighted by Crippen LogP contribution is -2.62. The molecule has 0 spiro atoms. The van der Waals surface area contributed by atoms with Crippen molar-refractivity contribution >= 4 is 29.4 Å². The number of carbonyl (C=O) groups is 1. The molecular weight excluding hydrogens is 376 g/mol. The summed E-state index contributed by atoms with van der Waals surface area (Å²) in [5.41, 5.74) is 2.03. The van der Waals surface area contributed by atoms with Crippen LogP contribution in [0.5, 0.6) is 0 Å². The first-order valence-corrected chi connectivity index (χ1v) is 10.1. The lowest BCUT2D eigenvalue weighted by Gasteiger charge is -2.52. The van der Waals surface area contributed by atoms with E-state index in [-0.39, 0.29) is 29.5 Å². The summed E-state index contributed by atoms with van der Waals surface area (Å²) in [6.45, 7) is 2.73. The Morgan fingerprint density at radius 2 is 2.04 bits per heavy atom. The molecule has 2 aliphatic rings. The zero-order chi connectivity index (χ0) is 19.7. The van der Waals surface area contributed by atoms with Crippen LogP contribution in [0.25, 0.3) is 0 Å². The van der Waals surface area contributed by atoms with E-state index in [4.69, 9.17) is 16.3 Å². The minimum absolute atomic E-state index is 0.0565. The standard InChI is InChI=1S/C21H25ClN4O2/c1-3-17-19(12-27)25(2)18-11-23-21(22)24-20(18)26(17)15-9-16(10-15)28-13-14-7-5-4-6-8-14/h4-8,11-12,15-17,19H,3,9-10,13H2,1-2H3. The number of likely N-dealkylation sites (N-methyl/N-ethyl adjacent to an activating group) is 1. The molecular formula is C21H25ClN4O2. The fourth-order valence-electron chi connectivity index (χ4n) is 4.28. The number of anilines is 2. The van der Waals surface area contributed by atoms with Crippen molar-refractivity contribution in [1.29, 1.82) is 0 Å². The van der Waals surface area contributed by atoms with Crippen LogP contribution in [0.4, 0.5) is 11.5 Å². The van der Waals surface area contributed by atoms with Crippen molar-refractivity contribution < 1.29 is 9.53 Å². The number of hydrogen-bond acceptors (Lipinski definition) is 6. The predicted octanol–water partition coefficient (Wildman–Crippen LogP) is 3.48. The third-order valence-corrected chi connectivity index (χ3v) is 6.08. The second-order valence-electron chi connectivity index (χ2n) is 7.51. The zero-order valence-corrected chi connectivity index (χ0v) is 16.9. The number of benzene rings is 1. The topological polar surface area (TPSA) is 58.6 Å². The third kappa shape index (κ3) is 3.47. The second kappa shape index (κ2) is 8.05. The van der Waals surface area contributed by atoms with Gasteiger partial charge in [-0.3, -0.25) is 0 Å². The molecule has 1 aliphatic heterocycles. The van der Waals surface area contributed by atoms with E-state index in [0.717, 1.165) is 37.1 Å². The Bertz CT molecular complexity index is 828. The van der Waals surface area contributed by atoms with Crippen molar-refractivity contribution in [2.24, 2.45) is 0 Å². The number of carbonyl (C=O) groups excluding carboxylic acids is 1. The average Bonchev–Trinajstić information content (AvgIpc) is 2.68. The van der Waals surface area contributed by atoms with Crippen LogP contribution in [0.3, 0.4) is 0 Å². The molecule has 0 saturated heterocycles. The molecule has 2 heterocycles. The van der Waals surface area contributed by atoms with Gasteiger partial charge in [0, 0.05) is 13.1 Å². The Kier molecular flexibility index (Phi) is 5.51. The largest absolute Gasteiger partial charge is 0.373 e. The Morgan fingerprint density at radius 1 is 1.29 bits per heavy atom. The van der Waals surface area contributed by atoms with E-state index in [0.29, 0.717) is 6.61 Å². The van der Waals surface area contributed by atoms with E-state index in [1.165, 1.54) is 5.56 Å². The lowest BCUT2D eigenvalue weighted by molar-refractivity contribution is -0.109. The van der Waals surface area contributed by atoms with Gasteiger partial charge < -0.3 is 19.3 Å². The summed E-state index contributed by atoms with van der Waals surface area (Å²) < 4.78 is 6.07. The highest BCUT2D eigenvalue weighted by atomic mass is 35.5. The molecule has 2 aromatic rings. The first-order valence-electron chi connectivity index (χ1n) is 9.77. The monoisotopic (exact) mass is 400 g/mol. The molecule has 148 valence electrons. The molecule has 0 bridgehead atoms. The Morgan fingerprint density at radius 3 is 2.71 bits per heavy atom. The number of aromatic nitrogens is 2. The summed E-state index contributed by atoms with van der Waals surface area (Å²) >= 11 is 6.10. The van der Waals surface area contributed by atoms with Gasteiger partial charge in [0.05, 0.1) is 30.6 Å². The number of aldehydes is 1. The van der Waals surface area contributed by atoms with Gasteiger partial charge in [0.25, 0.3) is 0 Å². The number of halogens is 1. The molecule has 1 aliphatic carbocycles. The van der Waals surface area contributed by atoms with Crippen molar-refractivity contribution in [3.8, 4) is 0 Å². The van der Waals surface area contributed by atoms with Crippen LogP contribution in [0, 0.1) is 0 Å². The Hall–Kier alpha value is -2.18. The second-order valence-corrected chi connectivity index (χ2v) is 7.85. The smallest absolute Gasteiger partial charge is 0.224 e. The molecule has 1 aromatic carbocycles. The molecule has 6 nitrogen and oxygen atoms in total. The summed E-state index contributed by atoms with van der Waals surface area (Å²) in [6.07, 6.45) is 5.64. The van der Waals surface area contributed by atoms with Gasteiger partial charge >= 0.3 is 0 Å². The third-order valence-electron chi connectivity index (χ3n) is 5.89. The number of rotatable bonds is 6. The highest BCUT2D eigenvalue weighted by Gasteiger charge is 2.45. The van der Waals surface area contributed by atoms with Crippen molar-refractivity contribution in [2.75, 3.05) is 16.8 Å². The molecule has 1 aromatic heterocycles. The SMILES string of the molecule is CCC1C(C=O)N(C)c2cnc(Cl)nc2N1C1CC(OCc2ccccc2)C1. The van der Waals surface area contributed by atoms with E-state index in [1.54, 1.807) is 6.20 Å². The first-order chi connectivity index (χ1) is 13.6. The van der Waals surface area contributed by atoms with E-state index in [2.05, 4.69) is 33.9 Å². The maximum atomic E-state index is 11.9. The highest BCUT2D eigenvalue weighted by molar-refractivity contribution is 6.28. The molecule has 7 heteroatoms. The molecule has 1 saturated carbocycles. The molecule has 2 atom stereocenters. The van der Waals surface area contributed by atoms with Crippen molar-refractivity contribution in [2.45, 2.75) is 57.0 Å².